The summed E-state index contributed by atoms with van der Waals surface area (Å²) in [5.41, 5.74) is 0.944. The van der Waals surface area contributed by atoms with Gasteiger partial charge in [0.1, 0.15) is 5.69 Å². The first kappa shape index (κ1) is 21.2. The Morgan fingerprint density at radius 2 is 1.04 bits per heavy atom. The zero-order valence-corrected chi connectivity index (χ0v) is 16.1. The van der Waals surface area contributed by atoms with E-state index in [-0.39, 0.29) is 4.65 Å². The summed E-state index contributed by atoms with van der Waals surface area (Å²) < 4.78 is -0.123. The Kier molecular flexibility index (Phi) is 11.9. The molecule has 0 N–H and O–H groups in total. The van der Waals surface area contributed by atoms with E-state index in [1.165, 1.54) is 64.2 Å². The van der Waals surface area contributed by atoms with E-state index < -0.39 is 0 Å². The summed E-state index contributed by atoms with van der Waals surface area (Å²) in [7, 11) is 0. The molecule has 1 aromatic carbocycles. The SMILES string of the molecule is CCCCCCCC[N+]([O-])(CCCCCCCC)c1ccccc1. The molecule has 0 radical (unpaired) electrons. The van der Waals surface area contributed by atoms with Crippen LogP contribution in [-0.4, -0.2) is 13.1 Å². The van der Waals surface area contributed by atoms with Crippen LogP contribution in [0.5, 0.6) is 0 Å². The number of nitrogens with zero attached hydrogens (tertiary/aromatic N) is 1. The average Bonchev–Trinajstić information content (AvgIpc) is 2.62. The summed E-state index contributed by atoms with van der Waals surface area (Å²) in [6.45, 7) is 5.97. The molecule has 2 heteroatoms. The molecule has 0 fully saturated rings. The third kappa shape index (κ3) is 8.84. The van der Waals surface area contributed by atoms with Gasteiger partial charge < -0.3 is 9.85 Å². The molecule has 24 heavy (non-hydrogen) atoms. The average molecular weight is 334 g/mol. The van der Waals surface area contributed by atoms with Crippen molar-refractivity contribution < 1.29 is 0 Å². The number of para-hydroxylation sites is 1. The highest BCUT2D eigenvalue weighted by Gasteiger charge is 2.19. The molecule has 0 amide bonds. The van der Waals surface area contributed by atoms with E-state index in [0.717, 1.165) is 31.6 Å². The van der Waals surface area contributed by atoms with E-state index in [1.54, 1.807) is 0 Å². The van der Waals surface area contributed by atoms with Gasteiger partial charge in [-0.05, 0) is 37.8 Å². The number of hydroxylamine groups is 2. The van der Waals surface area contributed by atoms with Gasteiger partial charge in [0.2, 0.25) is 0 Å². The Balaban J connectivity index is 2.42. The van der Waals surface area contributed by atoms with Gasteiger partial charge in [0.15, 0.2) is 0 Å². The van der Waals surface area contributed by atoms with Gasteiger partial charge in [-0.25, -0.2) is 0 Å². The molecular weight excluding hydrogens is 294 g/mol. The minimum atomic E-state index is -0.123. The quantitative estimate of drug-likeness (QED) is 0.189. The minimum absolute atomic E-state index is 0.123. The van der Waals surface area contributed by atoms with Gasteiger partial charge in [-0.15, -0.1) is 0 Å². The fraction of sp³-hybridized carbons (Fsp3) is 0.727. The predicted octanol–water partition coefficient (Wildman–Crippen LogP) is 7.21. The first-order chi connectivity index (χ1) is 11.7. The third-order valence-corrected chi connectivity index (χ3v) is 4.97. The molecule has 0 aliphatic carbocycles. The molecule has 0 aliphatic heterocycles. The van der Waals surface area contributed by atoms with E-state index in [4.69, 9.17) is 0 Å². The molecule has 0 saturated carbocycles. The number of benzene rings is 1. The summed E-state index contributed by atoms with van der Waals surface area (Å²) in [6, 6.07) is 10.0. The van der Waals surface area contributed by atoms with Crippen molar-refractivity contribution in [2.75, 3.05) is 13.1 Å². The normalized spacial score (nSPS) is 11.8. The van der Waals surface area contributed by atoms with Crippen LogP contribution in [-0.2, 0) is 0 Å². The Labute approximate surface area is 150 Å². The largest absolute Gasteiger partial charge is 0.627 e. The lowest BCUT2D eigenvalue weighted by Gasteiger charge is -2.42. The Bertz CT molecular complexity index is 374. The highest BCUT2D eigenvalue weighted by atomic mass is 16.5. The molecule has 1 aromatic rings. The highest BCUT2D eigenvalue weighted by Crippen LogP contribution is 2.24. The van der Waals surface area contributed by atoms with Crippen molar-refractivity contribution in [2.45, 2.75) is 90.9 Å². The van der Waals surface area contributed by atoms with Crippen molar-refractivity contribution in [2.24, 2.45) is 0 Å². The highest BCUT2D eigenvalue weighted by molar-refractivity contribution is 5.43. The van der Waals surface area contributed by atoms with Gasteiger partial charge in [-0.2, -0.15) is 0 Å². The summed E-state index contributed by atoms with van der Waals surface area (Å²) in [5.74, 6) is 0. The molecule has 138 valence electrons. The van der Waals surface area contributed by atoms with Gasteiger partial charge in [-0.1, -0.05) is 83.4 Å². The summed E-state index contributed by atoms with van der Waals surface area (Å²) in [5, 5.41) is 13.4. The van der Waals surface area contributed by atoms with Crippen LogP contribution < -0.4 is 4.65 Å². The summed E-state index contributed by atoms with van der Waals surface area (Å²) in [4.78, 5) is 0. The van der Waals surface area contributed by atoms with E-state index in [0.29, 0.717) is 0 Å². The van der Waals surface area contributed by atoms with E-state index in [9.17, 15) is 5.21 Å². The molecule has 0 saturated heterocycles. The maximum atomic E-state index is 13.4. The number of quaternary nitrogens is 1. The van der Waals surface area contributed by atoms with Gasteiger partial charge in [0.05, 0.1) is 13.1 Å². The molecule has 0 bridgehead atoms. The van der Waals surface area contributed by atoms with Crippen molar-refractivity contribution in [3.8, 4) is 0 Å². The Morgan fingerprint density at radius 3 is 1.50 bits per heavy atom. The molecular formula is C22H39NO. The van der Waals surface area contributed by atoms with Crippen molar-refractivity contribution in [1.82, 2.24) is 4.65 Å². The smallest absolute Gasteiger partial charge is 0.132 e. The second kappa shape index (κ2) is 13.4. The molecule has 2 nitrogen and oxygen atoms in total. The maximum Gasteiger partial charge on any atom is 0.132 e. The van der Waals surface area contributed by atoms with Crippen LogP contribution in [0.15, 0.2) is 30.3 Å². The van der Waals surface area contributed by atoms with Crippen LogP contribution in [0.2, 0.25) is 0 Å². The van der Waals surface area contributed by atoms with Crippen LogP contribution in [0, 0.1) is 5.21 Å². The molecule has 0 spiro atoms. The lowest BCUT2D eigenvalue weighted by Crippen LogP contribution is -2.44. The van der Waals surface area contributed by atoms with Crippen molar-refractivity contribution >= 4 is 5.69 Å². The van der Waals surface area contributed by atoms with Gasteiger partial charge in [0, 0.05) is 0 Å². The second-order valence-corrected chi connectivity index (χ2v) is 7.21. The van der Waals surface area contributed by atoms with Crippen LogP contribution in [0.25, 0.3) is 0 Å². The number of unbranched alkanes of at least 4 members (excludes halogenated alkanes) is 10. The lowest BCUT2D eigenvalue weighted by atomic mass is 10.1. The first-order valence-electron chi connectivity index (χ1n) is 10.4. The number of hydrogen-bond donors (Lipinski definition) is 0. The third-order valence-electron chi connectivity index (χ3n) is 4.97. The molecule has 0 unspecified atom stereocenters. The van der Waals surface area contributed by atoms with Gasteiger partial charge in [-0.3, -0.25) is 0 Å². The predicted molar refractivity (Wildman–Crippen MR) is 108 cm³/mol. The Hall–Kier alpha value is -0.860. The Morgan fingerprint density at radius 1 is 0.625 bits per heavy atom. The van der Waals surface area contributed by atoms with E-state index >= 15 is 0 Å². The maximum absolute atomic E-state index is 13.4. The van der Waals surface area contributed by atoms with Crippen molar-refractivity contribution in [1.29, 1.82) is 0 Å². The van der Waals surface area contributed by atoms with Gasteiger partial charge >= 0.3 is 0 Å². The number of rotatable bonds is 15. The van der Waals surface area contributed by atoms with Crippen LogP contribution in [0.4, 0.5) is 5.69 Å². The van der Waals surface area contributed by atoms with Crippen LogP contribution >= 0.6 is 0 Å². The van der Waals surface area contributed by atoms with Crippen molar-refractivity contribution in [3.05, 3.63) is 35.5 Å². The van der Waals surface area contributed by atoms with E-state index in [1.807, 2.05) is 30.3 Å². The van der Waals surface area contributed by atoms with Crippen molar-refractivity contribution in [3.63, 3.8) is 0 Å². The zero-order chi connectivity index (χ0) is 17.5. The first-order valence-corrected chi connectivity index (χ1v) is 10.4. The second-order valence-electron chi connectivity index (χ2n) is 7.21. The zero-order valence-electron chi connectivity index (χ0n) is 16.1. The topological polar surface area (TPSA) is 23.1 Å². The number of hydrogen-bond acceptors (Lipinski definition) is 1. The van der Waals surface area contributed by atoms with Gasteiger partial charge in [0.25, 0.3) is 0 Å². The fourth-order valence-electron chi connectivity index (χ4n) is 3.36. The summed E-state index contributed by atoms with van der Waals surface area (Å²) >= 11 is 0. The minimum Gasteiger partial charge on any atom is -0.627 e. The molecule has 1 rings (SSSR count). The molecule has 0 aromatic heterocycles. The standard InChI is InChI=1S/C22H39NO/c1-3-5-7-9-11-16-20-23(24,22-18-14-13-15-19-22)21-17-12-10-8-6-4-2/h13-15,18-19H,3-12,16-17,20-21H2,1-2H3. The summed E-state index contributed by atoms with van der Waals surface area (Å²) in [6.07, 6.45) is 14.9. The fourth-order valence-corrected chi connectivity index (χ4v) is 3.36. The van der Waals surface area contributed by atoms with E-state index in [2.05, 4.69) is 13.8 Å². The molecule has 0 atom stereocenters. The molecule has 0 aliphatic rings. The molecule has 0 heterocycles. The van der Waals surface area contributed by atoms with Crippen LogP contribution in [0.3, 0.4) is 0 Å². The lowest BCUT2D eigenvalue weighted by molar-refractivity contribution is 0.345. The van der Waals surface area contributed by atoms with Crippen LogP contribution in [0.1, 0.15) is 90.9 Å². The monoisotopic (exact) mass is 333 g/mol.